The van der Waals surface area contributed by atoms with Crippen LogP contribution in [0.5, 0.6) is 0 Å². The van der Waals surface area contributed by atoms with E-state index in [-0.39, 0.29) is 5.41 Å². The lowest BCUT2D eigenvalue weighted by molar-refractivity contribution is -0.115. The molecule has 0 aromatic rings. The van der Waals surface area contributed by atoms with Crippen LogP contribution in [0.2, 0.25) is 0 Å². The van der Waals surface area contributed by atoms with Crippen molar-refractivity contribution in [3.05, 3.63) is 11.6 Å². The highest BCUT2D eigenvalue weighted by molar-refractivity contribution is 5.65. The molecule has 15 heavy (non-hydrogen) atoms. The van der Waals surface area contributed by atoms with E-state index >= 15 is 0 Å². The predicted molar refractivity (Wildman–Crippen MR) is 62.5 cm³/mol. The fourth-order valence-corrected chi connectivity index (χ4v) is 3.34. The highest BCUT2D eigenvalue weighted by Crippen LogP contribution is 2.62. The summed E-state index contributed by atoms with van der Waals surface area (Å²) in [5, 5.41) is 0. The molecule has 0 aromatic carbocycles. The zero-order valence-corrected chi connectivity index (χ0v) is 10.3. The highest BCUT2D eigenvalue weighted by atomic mass is 16.1. The predicted octanol–water partition coefficient (Wildman–Crippen LogP) is 3.59. The van der Waals surface area contributed by atoms with Crippen LogP contribution < -0.4 is 0 Å². The van der Waals surface area contributed by atoms with E-state index in [1.165, 1.54) is 18.4 Å². The second kappa shape index (κ2) is 3.20. The Bertz CT molecular complexity index is 313. The monoisotopic (exact) mass is 206 g/mol. The molecule has 0 amide bonds. The molecule has 0 spiro atoms. The van der Waals surface area contributed by atoms with Gasteiger partial charge >= 0.3 is 0 Å². The molecule has 0 heterocycles. The fraction of sp³-hybridized carbons (Fsp3) is 0.786. The van der Waals surface area contributed by atoms with Crippen LogP contribution in [-0.2, 0) is 4.79 Å². The summed E-state index contributed by atoms with van der Waals surface area (Å²) in [6.07, 6.45) is 6.93. The molecule has 2 bridgehead atoms. The van der Waals surface area contributed by atoms with Crippen LogP contribution >= 0.6 is 0 Å². The molecule has 1 fully saturated rings. The Morgan fingerprint density at radius 3 is 2.67 bits per heavy atom. The Labute approximate surface area is 92.9 Å². The van der Waals surface area contributed by atoms with Gasteiger partial charge in [0.1, 0.15) is 6.29 Å². The Morgan fingerprint density at radius 1 is 1.60 bits per heavy atom. The third kappa shape index (κ3) is 1.32. The van der Waals surface area contributed by atoms with E-state index in [0.29, 0.717) is 11.3 Å². The van der Waals surface area contributed by atoms with E-state index in [1.807, 2.05) is 0 Å². The van der Waals surface area contributed by atoms with Crippen LogP contribution in [0.3, 0.4) is 0 Å². The third-order valence-corrected chi connectivity index (χ3v) is 5.12. The lowest BCUT2D eigenvalue weighted by atomic mass is 9.46. The number of hydrogen-bond acceptors (Lipinski definition) is 1. The third-order valence-electron chi connectivity index (χ3n) is 5.12. The summed E-state index contributed by atoms with van der Waals surface area (Å²) in [6, 6.07) is 0. The molecule has 1 saturated carbocycles. The van der Waals surface area contributed by atoms with Gasteiger partial charge in [-0.3, -0.25) is 0 Å². The average Bonchev–Trinajstić information content (AvgIpc) is 2.27. The van der Waals surface area contributed by atoms with Gasteiger partial charge in [-0.25, -0.2) is 0 Å². The molecule has 3 aliphatic carbocycles. The summed E-state index contributed by atoms with van der Waals surface area (Å²) in [7, 11) is 0. The molecule has 84 valence electrons. The van der Waals surface area contributed by atoms with Crippen LogP contribution in [0, 0.1) is 22.7 Å². The first-order valence-electron chi connectivity index (χ1n) is 6.12. The molecular formula is C14H22O. The first kappa shape index (κ1) is 10.9. The minimum absolute atomic E-state index is 0.201. The van der Waals surface area contributed by atoms with E-state index in [1.54, 1.807) is 0 Å². The molecule has 3 aliphatic rings. The zero-order chi connectivity index (χ0) is 11.3. The zero-order valence-electron chi connectivity index (χ0n) is 10.3. The smallest absolute Gasteiger partial charge is 0.129 e. The Balaban J connectivity index is 2.31. The van der Waals surface area contributed by atoms with E-state index in [9.17, 15) is 4.79 Å². The van der Waals surface area contributed by atoms with Crippen LogP contribution in [0.4, 0.5) is 0 Å². The van der Waals surface area contributed by atoms with Crippen LogP contribution in [0.15, 0.2) is 11.6 Å². The molecule has 0 radical (unpaired) electrons. The standard InChI is InChI=1S/C14H22O/c1-5-14(4,9-15)11-7-6-10-8-12(11)13(10,2)3/h7,9-10,12H,5-6,8H2,1-4H3/t10-,12-,14?/m0/s1. The highest BCUT2D eigenvalue weighted by Gasteiger charge is 2.54. The van der Waals surface area contributed by atoms with E-state index in [4.69, 9.17) is 0 Å². The summed E-state index contributed by atoms with van der Waals surface area (Å²) in [6.45, 7) is 8.94. The quantitative estimate of drug-likeness (QED) is 0.509. The van der Waals surface area contributed by atoms with Gasteiger partial charge < -0.3 is 4.79 Å². The summed E-state index contributed by atoms with van der Waals surface area (Å²) in [4.78, 5) is 11.3. The average molecular weight is 206 g/mol. The summed E-state index contributed by atoms with van der Waals surface area (Å²) < 4.78 is 0. The van der Waals surface area contributed by atoms with E-state index in [0.717, 1.165) is 18.6 Å². The number of allylic oxidation sites excluding steroid dienone is 2. The van der Waals surface area contributed by atoms with Crippen LogP contribution in [-0.4, -0.2) is 6.29 Å². The number of carbonyl (C=O) groups is 1. The normalized spacial score (nSPS) is 36.1. The first-order chi connectivity index (χ1) is 6.95. The van der Waals surface area contributed by atoms with Crippen LogP contribution in [0.25, 0.3) is 0 Å². The molecule has 3 atom stereocenters. The van der Waals surface area contributed by atoms with Crippen molar-refractivity contribution in [2.75, 3.05) is 0 Å². The molecule has 0 aliphatic heterocycles. The summed E-state index contributed by atoms with van der Waals surface area (Å²) >= 11 is 0. The minimum Gasteiger partial charge on any atom is -0.302 e. The van der Waals surface area contributed by atoms with Crippen molar-refractivity contribution in [1.29, 1.82) is 0 Å². The maximum absolute atomic E-state index is 11.3. The second-order valence-electron chi connectivity index (χ2n) is 6.09. The van der Waals surface area contributed by atoms with E-state index in [2.05, 4.69) is 33.8 Å². The van der Waals surface area contributed by atoms with Crippen LogP contribution in [0.1, 0.15) is 47.0 Å². The van der Waals surface area contributed by atoms with Gasteiger partial charge in [-0.15, -0.1) is 0 Å². The Hall–Kier alpha value is -0.590. The second-order valence-corrected chi connectivity index (χ2v) is 6.09. The van der Waals surface area contributed by atoms with Crippen molar-refractivity contribution in [3.63, 3.8) is 0 Å². The number of carbonyl (C=O) groups excluding carboxylic acids is 1. The number of hydrogen-bond donors (Lipinski definition) is 0. The SMILES string of the molecule is CCC(C)(C=O)C1=CC[C@H]2C[C@@H]1C2(C)C. The lowest BCUT2D eigenvalue weighted by Gasteiger charge is -2.58. The number of fused-ring (bicyclic) bond motifs is 1. The Morgan fingerprint density at radius 2 is 2.27 bits per heavy atom. The molecule has 1 heteroatoms. The van der Waals surface area contributed by atoms with Gasteiger partial charge in [-0.2, -0.15) is 0 Å². The number of aldehydes is 1. The summed E-state index contributed by atoms with van der Waals surface area (Å²) in [5.74, 6) is 1.52. The minimum atomic E-state index is -0.201. The van der Waals surface area contributed by atoms with Crippen molar-refractivity contribution in [3.8, 4) is 0 Å². The molecule has 0 N–H and O–H groups in total. The van der Waals surface area contributed by atoms with Gasteiger partial charge in [-0.1, -0.05) is 32.4 Å². The van der Waals surface area contributed by atoms with Crippen molar-refractivity contribution in [2.45, 2.75) is 47.0 Å². The van der Waals surface area contributed by atoms with Crippen molar-refractivity contribution in [1.82, 2.24) is 0 Å². The first-order valence-corrected chi connectivity index (χ1v) is 6.12. The lowest BCUT2D eigenvalue weighted by Crippen LogP contribution is -2.51. The maximum Gasteiger partial charge on any atom is 0.129 e. The Kier molecular flexibility index (Phi) is 2.33. The topological polar surface area (TPSA) is 17.1 Å². The molecule has 0 aromatic heterocycles. The molecule has 3 rings (SSSR count). The number of rotatable bonds is 3. The van der Waals surface area contributed by atoms with E-state index < -0.39 is 0 Å². The summed E-state index contributed by atoms with van der Waals surface area (Å²) in [5.41, 5.74) is 1.66. The molecule has 1 nitrogen and oxygen atoms in total. The van der Waals surface area contributed by atoms with Gasteiger partial charge in [-0.05, 0) is 43.4 Å². The van der Waals surface area contributed by atoms with Crippen molar-refractivity contribution in [2.24, 2.45) is 22.7 Å². The fourth-order valence-electron chi connectivity index (χ4n) is 3.34. The van der Waals surface area contributed by atoms with Gasteiger partial charge in [0.05, 0.1) is 0 Å². The largest absolute Gasteiger partial charge is 0.302 e. The maximum atomic E-state index is 11.3. The van der Waals surface area contributed by atoms with Gasteiger partial charge in [0.15, 0.2) is 0 Å². The van der Waals surface area contributed by atoms with Crippen molar-refractivity contribution < 1.29 is 4.79 Å². The van der Waals surface area contributed by atoms with Gasteiger partial charge in [0.2, 0.25) is 0 Å². The molecule has 0 saturated heterocycles. The molecule has 1 unspecified atom stereocenters. The van der Waals surface area contributed by atoms with Crippen molar-refractivity contribution >= 4 is 6.29 Å². The molecular weight excluding hydrogens is 184 g/mol. The van der Waals surface area contributed by atoms with Gasteiger partial charge in [0, 0.05) is 5.41 Å². The van der Waals surface area contributed by atoms with Gasteiger partial charge in [0.25, 0.3) is 0 Å².